The van der Waals surface area contributed by atoms with Gasteiger partial charge in [-0.1, -0.05) is 0 Å². The first-order valence-electron chi connectivity index (χ1n) is 7.14. The van der Waals surface area contributed by atoms with Gasteiger partial charge in [0.15, 0.2) is 0 Å². The van der Waals surface area contributed by atoms with Crippen molar-refractivity contribution in [1.82, 2.24) is 9.55 Å². The van der Waals surface area contributed by atoms with Crippen LogP contribution in [0.1, 0.15) is 12.6 Å². The van der Waals surface area contributed by atoms with Gasteiger partial charge in [0.1, 0.15) is 18.1 Å². The molecule has 22 heavy (non-hydrogen) atoms. The molecule has 0 bridgehead atoms. The molecule has 9 nitrogen and oxygen atoms in total. The molecule has 2 aliphatic heterocycles. The van der Waals surface area contributed by atoms with E-state index < -0.39 is 36.3 Å². The minimum atomic E-state index is -0.858. The standard InChI is InChI=1S/C13H19N3O6/c17-6-10-7(18)3-12(22-10)16-2-1-11(14-13(16)21)15-4-8(19)9(20)5-15/h1-2,7-10,12,17-20H,3-6H2/t7-,8+,9+,10-,12-/m1/s1. The number of rotatable bonds is 3. The molecule has 0 amide bonds. The van der Waals surface area contributed by atoms with Crippen LogP contribution in [0.5, 0.6) is 0 Å². The van der Waals surface area contributed by atoms with Crippen LogP contribution >= 0.6 is 0 Å². The molecule has 0 saturated carbocycles. The summed E-state index contributed by atoms with van der Waals surface area (Å²) < 4.78 is 6.67. The number of hydrogen-bond donors (Lipinski definition) is 4. The first-order chi connectivity index (χ1) is 10.5. The second-order valence-corrected chi connectivity index (χ2v) is 5.63. The second-order valence-electron chi connectivity index (χ2n) is 5.63. The van der Waals surface area contributed by atoms with Crippen LogP contribution < -0.4 is 10.6 Å². The van der Waals surface area contributed by atoms with Crippen molar-refractivity contribution in [3.8, 4) is 0 Å². The topological polar surface area (TPSA) is 128 Å². The van der Waals surface area contributed by atoms with Crippen molar-refractivity contribution in [1.29, 1.82) is 0 Å². The van der Waals surface area contributed by atoms with Gasteiger partial charge < -0.3 is 30.1 Å². The molecule has 2 aliphatic rings. The largest absolute Gasteiger partial charge is 0.394 e. The van der Waals surface area contributed by atoms with Crippen molar-refractivity contribution in [3.05, 3.63) is 22.7 Å². The highest BCUT2D eigenvalue weighted by molar-refractivity contribution is 5.39. The molecule has 5 atom stereocenters. The zero-order chi connectivity index (χ0) is 15.9. The lowest BCUT2D eigenvalue weighted by atomic mass is 10.2. The van der Waals surface area contributed by atoms with Crippen molar-refractivity contribution in [2.75, 3.05) is 24.6 Å². The molecule has 2 saturated heterocycles. The van der Waals surface area contributed by atoms with Gasteiger partial charge in [-0.25, -0.2) is 4.79 Å². The molecule has 3 heterocycles. The molecule has 0 spiro atoms. The van der Waals surface area contributed by atoms with E-state index in [9.17, 15) is 20.1 Å². The highest BCUT2D eigenvalue weighted by atomic mass is 16.5. The Morgan fingerprint density at radius 2 is 1.91 bits per heavy atom. The fourth-order valence-electron chi connectivity index (χ4n) is 2.81. The van der Waals surface area contributed by atoms with Crippen LogP contribution in [0.15, 0.2) is 17.1 Å². The predicted octanol–water partition coefficient (Wildman–Crippen LogP) is -2.57. The van der Waals surface area contributed by atoms with Gasteiger partial charge >= 0.3 is 5.69 Å². The van der Waals surface area contributed by atoms with Gasteiger partial charge in [-0.2, -0.15) is 4.98 Å². The first kappa shape index (κ1) is 15.4. The smallest absolute Gasteiger partial charge is 0.351 e. The lowest BCUT2D eigenvalue weighted by Crippen LogP contribution is -2.31. The molecule has 1 aromatic heterocycles. The summed E-state index contributed by atoms with van der Waals surface area (Å²) >= 11 is 0. The normalized spacial score (nSPS) is 35.3. The highest BCUT2D eigenvalue weighted by Gasteiger charge is 2.35. The maximum atomic E-state index is 12.1. The molecule has 2 fully saturated rings. The molecule has 0 aliphatic carbocycles. The van der Waals surface area contributed by atoms with Crippen molar-refractivity contribution in [2.45, 2.75) is 37.1 Å². The van der Waals surface area contributed by atoms with Crippen LogP contribution in [-0.4, -0.2) is 74.1 Å². The summed E-state index contributed by atoms with van der Waals surface area (Å²) in [7, 11) is 0. The Morgan fingerprint density at radius 3 is 2.45 bits per heavy atom. The molecule has 9 heteroatoms. The van der Waals surface area contributed by atoms with Crippen LogP contribution in [0.25, 0.3) is 0 Å². The Labute approximate surface area is 126 Å². The second kappa shape index (κ2) is 5.94. The molecule has 0 aromatic carbocycles. The maximum Gasteiger partial charge on any atom is 0.351 e. The van der Waals surface area contributed by atoms with Crippen LogP contribution in [0.2, 0.25) is 0 Å². The average Bonchev–Trinajstić information content (AvgIpc) is 3.02. The van der Waals surface area contributed by atoms with Crippen molar-refractivity contribution in [2.24, 2.45) is 0 Å². The van der Waals surface area contributed by atoms with Crippen molar-refractivity contribution < 1.29 is 25.2 Å². The van der Waals surface area contributed by atoms with Crippen LogP contribution in [0.3, 0.4) is 0 Å². The zero-order valence-electron chi connectivity index (χ0n) is 11.8. The monoisotopic (exact) mass is 313 g/mol. The van der Waals surface area contributed by atoms with E-state index in [1.807, 2.05) is 0 Å². The van der Waals surface area contributed by atoms with Gasteiger partial charge in [0.05, 0.1) is 24.9 Å². The average molecular weight is 313 g/mol. The molecule has 0 unspecified atom stereocenters. The van der Waals surface area contributed by atoms with Crippen LogP contribution in [0, 0.1) is 0 Å². The van der Waals surface area contributed by atoms with Gasteiger partial charge in [-0.3, -0.25) is 4.57 Å². The number of hydrogen-bond acceptors (Lipinski definition) is 8. The number of aliphatic hydroxyl groups excluding tert-OH is 4. The van der Waals surface area contributed by atoms with Gasteiger partial charge in [0.2, 0.25) is 0 Å². The van der Waals surface area contributed by atoms with Crippen molar-refractivity contribution >= 4 is 5.82 Å². The quantitative estimate of drug-likeness (QED) is 0.479. The summed E-state index contributed by atoms with van der Waals surface area (Å²) in [6, 6.07) is 1.59. The van der Waals surface area contributed by atoms with Gasteiger partial charge in [0.25, 0.3) is 0 Å². The lowest BCUT2D eigenvalue weighted by molar-refractivity contribution is -0.0458. The Hall–Kier alpha value is -1.52. The fourth-order valence-corrected chi connectivity index (χ4v) is 2.81. The lowest BCUT2D eigenvalue weighted by Gasteiger charge is -2.18. The number of ether oxygens (including phenoxy) is 1. The van der Waals surface area contributed by atoms with E-state index in [1.54, 1.807) is 11.0 Å². The van der Waals surface area contributed by atoms with Crippen molar-refractivity contribution in [3.63, 3.8) is 0 Å². The van der Waals surface area contributed by atoms with E-state index in [2.05, 4.69) is 4.98 Å². The Balaban J connectivity index is 1.78. The fraction of sp³-hybridized carbons (Fsp3) is 0.692. The molecule has 0 radical (unpaired) electrons. The van der Waals surface area contributed by atoms with Gasteiger partial charge in [0, 0.05) is 25.7 Å². The summed E-state index contributed by atoms with van der Waals surface area (Å²) in [5.74, 6) is 0.370. The Kier molecular flexibility index (Phi) is 4.15. The summed E-state index contributed by atoms with van der Waals surface area (Å²) in [4.78, 5) is 17.7. The van der Waals surface area contributed by atoms with Gasteiger partial charge in [-0.15, -0.1) is 0 Å². The van der Waals surface area contributed by atoms with E-state index in [4.69, 9.17) is 9.84 Å². The SMILES string of the molecule is O=c1nc(N2C[C@H](O)[C@@H](O)C2)ccn1[C@H]1C[C@@H](O)[C@@H](CO)O1. The minimum absolute atomic E-state index is 0.202. The number of β-amino-alcohol motifs (C(OH)–C–C–N with tert-alkyl or cyclic N) is 2. The van der Waals surface area contributed by atoms with E-state index >= 15 is 0 Å². The third-order valence-corrected chi connectivity index (χ3v) is 4.09. The Bertz CT molecular complexity index is 583. The number of anilines is 1. The van der Waals surface area contributed by atoms with E-state index in [0.717, 1.165) is 0 Å². The molecule has 4 N–H and O–H groups in total. The van der Waals surface area contributed by atoms with E-state index in [1.165, 1.54) is 10.8 Å². The van der Waals surface area contributed by atoms with Crippen LogP contribution in [-0.2, 0) is 4.74 Å². The zero-order valence-corrected chi connectivity index (χ0v) is 11.8. The molecule has 3 rings (SSSR count). The minimum Gasteiger partial charge on any atom is -0.394 e. The van der Waals surface area contributed by atoms with E-state index in [-0.39, 0.29) is 26.1 Å². The Morgan fingerprint density at radius 1 is 1.23 bits per heavy atom. The third kappa shape index (κ3) is 2.73. The number of aliphatic hydroxyl groups is 4. The van der Waals surface area contributed by atoms with E-state index in [0.29, 0.717) is 5.82 Å². The highest BCUT2D eigenvalue weighted by Crippen LogP contribution is 2.27. The van der Waals surface area contributed by atoms with Gasteiger partial charge in [-0.05, 0) is 6.07 Å². The molecule has 122 valence electrons. The molecular weight excluding hydrogens is 294 g/mol. The molecular formula is C13H19N3O6. The third-order valence-electron chi connectivity index (χ3n) is 4.09. The maximum absolute atomic E-state index is 12.1. The summed E-state index contributed by atoms with van der Waals surface area (Å²) in [5, 5.41) is 37.9. The summed E-state index contributed by atoms with van der Waals surface area (Å²) in [5.41, 5.74) is -0.552. The summed E-state index contributed by atoms with van der Waals surface area (Å²) in [6.45, 7) is 0.104. The predicted molar refractivity (Wildman–Crippen MR) is 74.3 cm³/mol. The summed E-state index contributed by atoms with van der Waals surface area (Å²) in [6.07, 6.45) is -2.22. The molecule has 1 aromatic rings. The van der Waals surface area contributed by atoms with Crippen LogP contribution in [0.4, 0.5) is 5.82 Å². The number of nitrogens with zero attached hydrogens (tertiary/aromatic N) is 3. The number of aromatic nitrogens is 2. The first-order valence-corrected chi connectivity index (χ1v) is 7.14.